The van der Waals surface area contributed by atoms with Crippen LogP contribution in [0.3, 0.4) is 0 Å². The van der Waals surface area contributed by atoms with E-state index < -0.39 is 0 Å². The van der Waals surface area contributed by atoms with Gasteiger partial charge in [-0.15, -0.1) is 0 Å². The lowest BCUT2D eigenvalue weighted by Gasteiger charge is -2.07. The minimum Gasteiger partial charge on any atom is -0.497 e. The molecule has 0 aliphatic heterocycles. The quantitative estimate of drug-likeness (QED) is 0.584. The molecule has 0 unspecified atom stereocenters. The van der Waals surface area contributed by atoms with Gasteiger partial charge in [-0.05, 0) is 35.9 Å². The summed E-state index contributed by atoms with van der Waals surface area (Å²) in [5.41, 5.74) is 4.85. The molecule has 4 heteroatoms. The fourth-order valence-electron chi connectivity index (χ4n) is 2.53. The van der Waals surface area contributed by atoms with Crippen molar-refractivity contribution in [3.05, 3.63) is 77.9 Å². The van der Waals surface area contributed by atoms with E-state index in [-0.39, 0.29) is 5.91 Å². The summed E-state index contributed by atoms with van der Waals surface area (Å²) in [7, 11) is 1.62. The van der Waals surface area contributed by atoms with Gasteiger partial charge in [0.25, 0.3) is 5.91 Å². The molecule has 0 aliphatic rings. The number of hydrazone groups is 1. The van der Waals surface area contributed by atoms with Crippen LogP contribution in [0.15, 0.2) is 71.8 Å². The largest absolute Gasteiger partial charge is 0.497 e. The highest BCUT2D eigenvalue weighted by atomic mass is 16.5. The first kappa shape index (κ1) is 15.7. The molecule has 0 saturated heterocycles. The monoisotopic (exact) mass is 318 g/mol. The standard InChI is InChI=1S/C20H18N2O2/c1-14(16-9-5-10-17(13-16)24-2)21-22-20(23)19-12-6-8-15-7-3-4-11-18(15)19/h3-13H,1-2H3,(H,22,23). The summed E-state index contributed by atoms with van der Waals surface area (Å²) >= 11 is 0. The van der Waals surface area contributed by atoms with E-state index in [0.29, 0.717) is 11.3 Å². The Kier molecular flexibility index (Phi) is 4.57. The van der Waals surface area contributed by atoms with Crippen molar-refractivity contribution in [2.24, 2.45) is 5.10 Å². The van der Waals surface area contributed by atoms with Crippen molar-refractivity contribution in [2.75, 3.05) is 7.11 Å². The zero-order valence-corrected chi connectivity index (χ0v) is 13.6. The van der Waals surface area contributed by atoms with Gasteiger partial charge in [0.2, 0.25) is 0 Å². The van der Waals surface area contributed by atoms with E-state index in [1.165, 1.54) is 0 Å². The normalized spacial score (nSPS) is 11.3. The molecular weight excluding hydrogens is 300 g/mol. The fourth-order valence-corrected chi connectivity index (χ4v) is 2.53. The first-order valence-electron chi connectivity index (χ1n) is 7.66. The molecule has 0 radical (unpaired) electrons. The van der Waals surface area contributed by atoms with E-state index in [1.54, 1.807) is 13.2 Å². The number of ether oxygens (including phenoxy) is 1. The van der Waals surface area contributed by atoms with Crippen LogP contribution in [0.4, 0.5) is 0 Å². The second-order valence-electron chi connectivity index (χ2n) is 5.40. The molecule has 120 valence electrons. The van der Waals surface area contributed by atoms with E-state index >= 15 is 0 Å². The fraction of sp³-hybridized carbons (Fsp3) is 0.100. The van der Waals surface area contributed by atoms with Gasteiger partial charge in [-0.25, -0.2) is 5.43 Å². The number of nitrogens with zero attached hydrogens (tertiary/aromatic N) is 1. The molecule has 4 nitrogen and oxygen atoms in total. The van der Waals surface area contributed by atoms with Crippen molar-refractivity contribution in [1.29, 1.82) is 0 Å². The second-order valence-corrected chi connectivity index (χ2v) is 5.40. The van der Waals surface area contributed by atoms with E-state index in [9.17, 15) is 4.79 Å². The zero-order chi connectivity index (χ0) is 16.9. The summed E-state index contributed by atoms with van der Waals surface area (Å²) in [5.74, 6) is 0.525. The van der Waals surface area contributed by atoms with Crippen molar-refractivity contribution >= 4 is 22.4 Å². The molecule has 0 heterocycles. The average Bonchev–Trinajstić information content (AvgIpc) is 2.65. The maximum atomic E-state index is 12.5. The number of hydrogen-bond donors (Lipinski definition) is 1. The van der Waals surface area contributed by atoms with Gasteiger partial charge in [-0.1, -0.05) is 48.5 Å². The van der Waals surface area contributed by atoms with Crippen LogP contribution in [0.25, 0.3) is 10.8 Å². The molecule has 0 saturated carbocycles. The van der Waals surface area contributed by atoms with Crippen LogP contribution in [0.2, 0.25) is 0 Å². The van der Waals surface area contributed by atoms with Crippen molar-refractivity contribution < 1.29 is 9.53 Å². The molecule has 0 atom stereocenters. The van der Waals surface area contributed by atoms with Crippen LogP contribution in [0.1, 0.15) is 22.8 Å². The summed E-state index contributed by atoms with van der Waals surface area (Å²) in [4.78, 5) is 12.5. The third-order valence-corrected chi connectivity index (χ3v) is 3.85. The third-order valence-electron chi connectivity index (χ3n) is 3.85. The Balaban J connectivity index is 1.83. The van der Waals surface area contributed by atoms with Gasteiger partial charge in [0, 0.05) is 11.1 Å². The van der Waals surface area contributed by atoms with Gasteiger partial charge in [0.1, 0.15) is 5.75 Å². The van der Waals surface area contributed by atoms with Crippen LogP contribution >= 0.6 is 0 Å². The summed E-state index contributed by atoms with van der Waals surface area (Å²) in [6.07, 6.45) is 0. The number of methoxy groups -OCH3 is 1. The van der Waals surface area contributed by atoms with E-state index in [1.807, 2.05) is 67.6 Å². The van der Waals surface area contributed by atoms with E-state index in [2.05, 4.69) is 10.5 Å². The molecule has 1 N–H and O–H groups in total. The van der Waals surface area contributed by atoms with E-state index in [4.69, 9.17) is 4.74 Å². The molecule has 0 fully saturated rings. The molecule has 3 aromatic rings. The van der Waals surface area contributed by atoms with Gasteiger partial charge in [0.15, 0.2) is 0 Å². The molecule has 0 aromatic heterocycles. The first-order chi connectivity index (χ1) is 11.7. The third kappa shape index (κ3) is 3.27. The highest BCUT2D eigenvalue weighted by Crippen LogP contribution is 2.18. The van der Waals surface area contributed by atoms with Crippen LogP contribution in [-0.2, 0) is 0 Å². The number of hydrogen-bond acceptors (Lipinski definition) is 3. The minimum atomic E-state index is -0.228. The van der Waals surface area contributed by atoms with Gasteiger partial charge < -0.3 is 4.74 Å². The second kappa shape index (κ2) is 6.96. The lowest BCUT2D eigenvalue weighted by atomic mass is 10.0. The summed E-state index contributed by atoms with van der Waals surface area (Å²) in [5, 5.41) is 6.15. The number of amides is 1. The Hall–Kier alpha value is -3.14. The Morgan fingerprint density at radius 1 is 1.00 bits per heavy atom. The Morgan fingerprint density at radius 3 is 2.58 bits per heavy atom. The SMILES string of the molecule is COc1cccc(C(C)=NNC(=O)c2cccc3ccccc23)c1. The predicted molar refractivity (Wildman–Crippen MR) is 96.6 cm³/mol. The number of benzene rings is 3. The molecule has 1 amide bonds. The van der Waals surface area contributed by atoms with Crippen molar-refractivity contribution in [1.82, 2.24) is 5.43 Å². The smallest absolute Gasteiger partial charge is 0.272 e. The summed E-state index contributed by atoms with van der Waals surface area (Å²) in [6.45, 7) is 1.85. The number of carbonyl (C=O) groups excluding carboxylic acids is 1. The highest BCUT2D eigenvalue weighted by molar-refractivity contribution is 6.08. The topological polar surface area (TPSA) is 50.7 Å². The molecule has 3 aromatic carbocycles. The van der Waals surface area contributed by atoms with Gasteiger partial charge in [0.05, 0.1) is 12.8 Å². The lowest BCUT2D eigenvalue weighted by molar-refractivity contribution is 0.0956. The minimum absolute atomic E-state index is 0.228. The summed E-state index contributed by atoms with van der Waals surface area (Å²) in [6, 6.07) is 21.0. The van der Waals surface area contributed by atoms with Crippen molar-refractivity contribution in [3.8, 4) is 5.75 Å². The van der Waals surface area contributed by atoms with Crippen molar-refractivity contribution in [3.63, 3.8) is 0 Å². The van der Waals surface area contributed by atoms with Crippen LogP contribution in [0, 0.1) is 0 Å². The van der Waals surface area contributed by atoms with Gasteiger partial charge in [-0.3, -0.25) is 4.79 Å². The molecule has 0 spiro atoms. The number of fused-ring (bicyclic) bond motifs is 1. The first-order valence-corrected chi connectivity index (χ1v) is 7.66. The molecular formula is C20H18N2O2. The van der Waals surface area contributed by atoms with Crippen LogP contribution in [-0.4, -0.2) is 18.7 Å². The molecule has 0 aliphatic carbocycles. The number of rotatable bonds is 4. The van der Waals surface area contributed by atoms with Gasteiger partial charge >= 0.3 is 0 Å². The van der Waals surface area contributed by atoms with E-state index in [0.717, 1.165) is 22.1 Å². The lowest BCUT2D eigenvalue weighted by Crippen LogP contribution is -2.19. The van der Waals surface area contributed by atoms with Crippen LogP contribution in [0.5, 0.6) is 5.75 Å². The Morgan fingerprint density at radius 2 is 1.75 bits per heavy atom. The molecule has 24 heavy (non-hydrogen) atoms. The number of carbonyl (C=O) groups is 1. The molecule has 0 bridgehead atoms. The van der Waals surface area contributed by atoms with Crippen molar-refractivity contribution in [2.45, 2.75) is 6.92 Å². The Labute approximate surface area is 140 Å². The average molecular weight is 318 g/mol. The highest BCUT2D eigenvalue weighted by Gasteiger charge is 2.09. The van der Waals surface area contributed by atoms with Gasteiger partial charge in [-0.2, -0.15) is 5.10 Å². The predicted octanol–water partition coefficient (Wildman–Crippen LogP) is 4.00. The maximum Gasteiger partial charge on any atom is 0.272 e. The molecule has 3 rings (SSSR count). The maximum absolute atomic E-state index is 12.5. The summed E-state index contributed by atoms with van der Waals surface area (Å²) < 4.78 is 5.21. The zero-order valence-electron chi connectivity index (χ0n) is 13.6. The van der Waals surface area contributed by atoms with Crippen LogP contribution < -0.4 is 10.2 Å². The number of nitrogens with one attached hydrogen (secondary N) is 1. The Bertz CT molecular complexity index is 911.